The number of halogens is 4. The molecule has 15 nitrogen and oxygen atoms in total. The lowest BCUT2D eigenvalue weighted by Crippen LogP contribution is -2.34. The van der Waals surface area contributed by atoms with Gasteiger partial charge < -0.3 is 25.2 Å². The predicted octanol–water partition coefficient (Wildman–Crippen LogP) is 13.6. The van der Waals surface area contributed by atoms with Crippen LogP contribution in [0.2, 0.25) is 0 Å². The van der Waals surface area contributed by atoms with Crippen molar-refractivity contribution in [2.45, 2.75) is 12.8 Å². The average molecular weight is 1040 g/mol. The number of phenols is 2. The number of phenolic OH excluding ortho intramolecular Hbond substituents is 2. The fourth-order valence-electron chi connectivity index (χ4n) is 6.76. The molecule has 69 heavy (non-hydrogen) atoms. The number of anilines is 2. The van der Waals surface area contributed by atoms with E-state index in [0.29, 0.717) is 38.7 Å². The van der Waals surface area contributed by atoms with Crippen molar-refractivity contribution in [3.05, 3.63) is 189 Å². The van der Waals surface area contributed by atoms with Gasteiger partial charge in [-0.2, -0.15) is 23.4 Å². The highest BCUT2D eigenvalue weighted by atomic mass is 127. The number of ketones is 1. The monoisotopic (exact) mass is 1040 g/mol. The number of nitrogens with one attached hydrogen (secondary N) is 3. The maximum atomic E-state index is 13.4. The van der Waals surface area contributed by atoms with E-state index in [1.165, 1.54) is 42.5 Å². The lowest BCUT2D eigenvalue weighted by atomic mass is 10.0. The SMILES string of the molecule is O=C(NC(=O)c1ccc2c(N=Nc3ccc(C(=O)c4ccc(N=Nc5c(O)ccc6cc(CON=CONc7cccc(I)c7)ccc56)cc4)cc3)c(O)ccc2c1)Nc1cccc(C(F)(F)F)c1. The summed E-state index contributed by atoms with van der Waals surface area (Å²) in [4.78, 5) is 49.2. The van der Waals surface area contributed by atoms with Crippen molar-refractivity contribution < 1.29 is 47.4 Å². The second-order valence-electron chi connectivity index (χ2n) is 14.9. The minimum Gasteiger partial charge on any atom is -0.506 e. The number of carbonyl (C=O) groups is 3. The molecule has 0 fully saturated rings. The van der Waals surface area contributed by atoms with Crippen LogP contribution in [-0.4, -0.2) is 34.3 Å². The van der Waals surface area contributed by atoms with Crippen LogP contribution in [0.25, 0.3) is 21.5 Å². The van der Waals surface area contributed by atoms with Crippen LogP contribution in [0.4, 0.5) is 52.1 Å². The van der Waals surface area contributed by atoms with Crippen molar-refractivity contribution in [3.63, 3.8) is 0 Å². The number of urea groups is 1. The molecule has 0 spiro atoms. The molecule has 0 heterocycles. The summed E-state index contributed by atoms with van der Waals surface area (Å²) in [7, 11) is 0. The fraction of sp³-hybridized carbons (Fsp3) is 0.0400. The van der Waals surface area contributed by atoms with E-state index in [2.05, 4.69) is 64.3 Å². The molecule has 3 amide bonds. The van der Waals surface area contributed by atoms with Gasteiger partial charge in [-0.3, -0.25) is 14.9 Å². The summed E-state index contributed by atoms with van der Waals surface area (Å²) in [5.74, 6) is -1.37. The summed E-state index contributed by atoms with van der Waals surface area (Å²) in [5.41, 5.74) is 5.18. The highest BCUT2D eigenvalue weighted by Crippen LogP contribution is 2.38. The second-order valence-corrected chi connectivity index (χ2v) is 16.1. The molecule has 0 aliphatic carbocycles. The third kappa shape index (κ3) is 11.8. The topological polar surface area (TPSA) is 208 Å². The van der Waals surface area contributed by atoms with Gasteiger partial charge in [0.05, 0.1) is 22.6 Å². The normalized spacial score (nSPS) is 11.7. The van der Waals surface area contributed by atoms with Crippen molar-refractivity contribution in [1.82, 2.24) is 5.32 Å². The van der Waals surface area contributed by atoms with E-state index in [-0.39, 0.29) is 46.5 Å². The van der Waals surface area contributed by atoms with Crippen LogP contribution in [0, 0.1) is 3.57 Å². The Morgan fingerprint density at radius 2 is 1.20 bits per heavy atom. The number of carbonyl (C=O) groups excluding carboxylic acids is 3. The van der Waals surface area contributed by atoms with Crippen LogP contribution < -0.4 is 16.1 Å². The van der Waals surface area contributed by atoms with Gasteiger partial charge in [-0.25, -0.2) is 10.3 Å². The summed E-state index contributed by atoms with van der Waals surface area (Å²) in [5, 5.41) is 48.8. The van der Waals surface area contributed by atoms with E-state index >= 15 is 0 Å². The summed E-state index contributed by atoms with van der Waals surface area (Å²) in [6.07, 6.45) is -3.46. The first-order valence-corrected chi connectivity index (χ1v) is 21.5. The predicted molar refractivity (Wildman–Crippen MR) is 261 cm³/mol. The molecular weight excluding hydrogens is 1010 g/mol. The molecule has 8 aromatic carbocycles. The van der Waals surface area contributed by atoms with Crippen LogP contribution in [-0.2, 0) is 22.5 Å². The maximum Gasteiger partial charge on any atom is 0.416 e. The third-order valence-corrected chi connectivity index (χ3v) is 10.8. The second kappa shape index (κ2) is 20.8. The zero-order chi connectivity index (χ0) is 48.5. The summed E-state index contributed by atoms with van der Waals surface area (Å²) in [6, 6.07) is 39.4. The van der Waals surface area contributed by atoms with Gasteiger partial charge in [-0.15, -0.1) is 10.2 Å². The number of alkyl halides is 3. The minimum absolute atomic E-state index is 0.0514. The van der Waals surface area contributed by atoms with E-state index in [0.717, 1.165) is 44.8 Å². The van der Waals surface area contributed by atoms with Crippen LogP contribution >= 0.6 is 22.6 Å². The standard InChI is InChI=1S/C50H34F3IN8O7/c51-50(52,53)35-3-1-5-39(25-35)56-49(67)57-48(66)34-12-20-42-33(24-34)14-22-44(64)46(42)61-59-38-17-10-31(11-18-38)47(65)30-8-15-37(16-9-30)58-60-45-41-19-7-29(23-32(41)13-21-43(45)63)27-68-55-28-69-62-40-6-2-4-36(54)26-40/h1-26,28,62-64H,27H2,(H2,56,57,66,67). The molecule has 0 saturated carbocycles. The van der Waals surface area contributed by atoms with Gasteiger partial charge in [0.25, 0.3) is 5.91 Å². The molecule has 0 radical (unpaired) electrons. The molecular formula is C50H34F3IN8O7. The van der Waals surface area contributed by atoms with E-state index in [1.54, 1.807) is 60.7 Å². The number of rotatable bonds is 14. The van der Waals surface area contributed by atoms with Gasteiger partial charge in [-0.1, -0.05) is 47.6 Å². The molecule has 19 heteroatoms. The van der Waals surface area contributed by atoms with Crippen molar-refractivity contribution in [2.24, 2.45) is 25.6 Å². The Labute approximate surface area is 403 Å². The maximum absolute atomic E-state index is 13.4. The van der Waals surface area contributed by atoms with Crippen molar-refractivity contribution in [3.8, 4) is 11.5 Å². The zero-order valence-electron chi connectivity index (χ0n) is 35.5. The zero-order valence-corrected chi connectivity index (χ0v) is 37.6. The number of imide groups is 1. The lowest BCUT2D eigenvalue weighted by molar-refractivity contribution is -0.137. The summed E-state index contributed by atoms with van der Waals surface area (Å²) < 4.78 is 40.2. The van der Waals surface area contributed by atoms with Crippen molar-refractivity contribution >= 4 is 102 Å². The Kier molecular flexibility index (Phi) is 14.1. The molecule has 0 aliphatic rings. The number of benzene rings is 8. The molecule has 0 unspecified atom stereocenters. The Hall–Kier alpha value is -8.72. The largest absolute Gasteiger partial charge is 0.506 e. The Bertz CT molecular complexity index is 3330. The van der Waals surface area contributed by atoms with Gasteiger partial charge >= 0.3 is 12.2 Å². The molecule has 0 bridgehead atoms. The van der Waals surface area contributed by atoms with Gasteiger partial charge in [0, 0.05) is 36.7 Å². The molecule has 8 aromatic rings. The van der Waals surface area contributed by atoms with Crippen molar-refractivity contribution in [2.75, 3.05) is 10.8 Å². The first-order chi connectivity index (χ1) is 33.3. The molecule has 0 atom stereocenters. The number of hydrogen-bond donors (Lipinski definition) is 5. The minimum atomic E-state index is -4.62. The van der Waals surface area contributed by atoms with Gasteiger partial charge in [0.2, 0.25) is 6.40 Å². The number of oxime groups is 1. The highest BCUT2D eigenvalue weighted by Gasteiger charge is 2.30. The number of nitrogens with zero attached hydrogens (tertiary/aromatic N) is 5. The first-order valence-electron chi connectivity index (χ1n) is 20.5. The third-order valence-electron chi connectivity index (χ3n) is 10.1. The van der Waals surface area contributed by atoms with E-state index in [9.17, 15) is 37.8 Å². The van der Waals surface area contributed by atoms with E-state index in [4.69, 9.17) is 9.68 Å². The lowest BCUT2D eigenvalue weighted by Gasteiger charge is -2.11. The Balaban J connectivity index is 0.862. The molecule has 5 N–H and O–H groups in total. The van der Waals surface area contributed by atoms with Gasteiger partial charge in [0.15, 0.2) is 5.78 Å². The quantitative estimate of drug-likeness (QED) is 0.0176. The number of fused-ring (bicyclic) bond motifs is 2. The molecule has 0 saturated heterocycles. The van der Waals surface area contributed by atoms with Crippen LogP contribution in [0.3, 0.4) is 0 Å². The van der Waals surface area contributed by atoms with Crippen molar-refractivity contribution in [1.29, 1.82) is 0 Å². The van der Waals surface area contributed by atoms with Crippen LogP contribution in [0.1, 0.15) is 37.4 Å². The molecule has 0 aliphatic heterocycles. The van der Waals surface area contributed by atoms with Gasteiger partial charge in [-0.05, 0) is 154 Å². The number of hydrogen-bond acceptors (Lipinski definition) is 13. The number of amides is 3. The smallest absolute Gasteiger partial charge is 0.416 e. The van der Waals surface area contributed by atoms with Crippen LogP contribution in [0.15, 0.2) is 183 Å². The number of aromatic hydroxyl groups is 2. The fourth-order valence-corrected chi connectivity index (χ4v) is 7.30. The Morgan fingerprint density at radius 1 is 0.623 bits per heavy atom. The van der Waals surface area contributed by atoms with E-state index in [1.807, 2.05) is 36.4 Å². The first kappa shape index (κ1) is 46.8. The summed E-state index contributed by atoms with van der Waals surface area (Å²) in [6.45, 7) is 0.165. The number of azo groups is 2. The molecule has 344 valence electrons. The van der Waals surface area contributed by atoms with Gasteiger partial charge in [0.1, 0.15) is 29.5 Å². The Morgan fingerprint density at radius 3 is 1.83 bits per heavy atom. The van der Waals surface area contributed by atoms with Crippen LogP contribution in [0.5, 0.6) is 11.5 Å². The van der Waals surface area contributed by atoms with E-state index < -0.39 is 23.7 Å². The average Bonchev–Trinajstić information content (AvgIpc) is 3.34. The summed E-state index contributed by atoms with van der Waals surface area (Å²) >= 11 is 2.20. The highest BCUT2D eigenvalue weighted by molar-refractivity contribution is 14.1. The molecule has 0 aromatic heterocycles. The molecule has 8 rings (SSSR count).